The second-order valence-corrected chi connectivity index (χ2v) is 6.11. The number of carbonyl (C=O) groups is 2. The monoisotopic (exact) mass is 386 g/mol. The highest BCUT2D eigenvalue weighted by Crippen LogP contribution is 2.27. The van der Waals surface area contributed by atoms with E-state index in [9.17, 15) is 9.59 Å². The van der Waals surface area contributed by atoms with E-state index in [1.807, 2.05) is 42.5 Å². The molecule has 3 amide bonds. The van der Waals surface area contributed by atoms with E-state index in [4.69, 9.17) is 4.74 Å². The minimum atomic E-state index is -0.414. The maximum absolute atomic E-state index is 12.5. The summed E-state index contributed by atoms with van der Waals surface area (Å²) in [4.78, 5) is 25.7. The van der Waals surface area contributed by atoms with Crippen molar-refractivity contribution in [3.63, 3.8) is 0 Å². The predicted octanol–water partition coefficient (Wildman–Crippen LogP) is 3.55. The van der Waals surface area contributed by atoms with E-state index in [2.05, 4.69) is 21.2 Å². The minimum Gasteiger partial charge on any atom is -0.496 e. The second kappa shape index (κ2) is 6.88. The number of hydrogen-bond acceptors (Lipinski definition) is 3. The zero-order valence-electron chi connectivity index (χ0n) is 13.0. The van der Waals surface area contributed by atoms with E-state index in [0.29, 0.717) is 5.75 Å². The Morgan fingerprint density at radius 1 is 1.17 bits per heavy atom. The normalized spacial score (nSPS) is 15.8. The quantitative estimate of drug-likeness (QED) is 0.645. The van der Waals surface area contributed by atoms with Crippen LogP contribution in [0, 0.1) is 0 Å². The number of hydrogen-bond donors (Lipinski definition) is 1. The van der Waals surface area contributed by atoms with Gasteiger partial charge in [0.1, 0.15) is 11.4 Å². The topological polar surface area (TPSA) is 58.6 Å². The highest BCUT2D eigenvalue weighted by molar-refractivity contribution is 9.10. The number of urea groups is 1. The van der Waals surface area contributed by atoms with Crippen molar-refractivity contribution in [2.45, 2.75) is 6.54 Å². The molecule has 24 heavy (non-hydrogen) atoms. The molecular weight excluding hydrogens is 372 g/mol. The summed E-state index contributed by atoms with van der Waals surface area (Å²) in [5, 5.41) is 2.62. The lowest BCUT2D eigenvalue weighted by molar-refractivity contribution is -0.123. The summed E-state index contributed by atoms with van der Waals surface area (Å²) in [5.41, 5.74) is 1.94. The van der Waals surface area contributed by atoms with Crippen molar-refractivity contribution >= 4 is 33.9 Å². The summed E-state index contributed by atoms with van der Waals surface area (Å²) < 4.78 is 5.95. The molecule has 1 aliphatic heterocycles. The predicted molar refractivity (Wildman–Crippen MR) is 94.2 cm³/mol. The summed E-state index contributed by atoms with van der Waals surface area (Å²) in [5.74, 6) is 0.362. The van der Waals surface area contributed by atoms with Crippen LogP contribution in [0.2, 0.25) is 0 Å². The number of ether oxygens (including phenoxy) is 1. The Kier molecular flexibility index (Phi) is 4.66. The van der Waals surface area contributed by atoms with Gasteiger partial charge in [0.2, 0.25) is 0 Å². The molecule has 0 bridgehead atoms. The molecule has 1 fully saturated rings. The third-order valence-electron chi connectivity index (χ3n) is 3.63. The van der Waals surface area contributed by atoms with Gasteiger partial charge in [0.25, 0.3) is 5.91 Å². The first-order valence-electron chi connectivity index (χ1n) is 7.30. The van der Waals surface area contributed by atoms with Crippen molar-refractivity contribution in [2.24, 2.45) is 0 Å². The lowest BCUT2D eigenvalue weighted by atomic mass is 10.1. The van der Waals surface area contributed by atoms with E-state index < -0.39 is 6.03 Å². The van der Waals surface area contributed by atoms with Gasteiger partial charge in [0.15, 0.2) is 0 Å². The smallest absolute Gasteiger partial charge is 0.329 e. The summed E-state index contributed by atoms with van der Waals surface area (Å²) in [6.45, 7) is 0.245. The van der Waals surface area contributed by atoms with Gasteiger partial charge in [0, 0.05) is 0 Å². The van der Waals surface area contributed by atoms with Crippen LogP contribution in [0.25, 0.3) is 6.08 Å². The highest BCUT2D eigenvalue weighted by atomic mass is 79.9. The molecule has 2 aromatic carbocycles. The van der Waals surface area contributed by atoms with Gasteiger partial charge in [-0.25, -0.2) is 4.79 Å². The zero-order chi connectivity index (χ0) is 17.1. The molecule has 1 heterocycles. The van der Waals surface area contributed by atoms with Crippen molar-refractivity contribution in [1.29, 1.82) is 0 Å². The van der Waals surface area contributed by atoms with E-state index in [0.717, 1.165) is 15.6 Å². The van der Waals surface area contributed by atoms with Gasteiger partial charge in [0.05, 0.1) is 18.1 Å². The van der Waals surface area contributed by atoms with Crippen LogP contribution < -0.4 is 10.1 Å². The average Bonchev–Trinajstić information content (AvgIpc) is 2.84. The van der Waals surface area contributed by atoms with Crippen molar-refractivity contribution in [3.8, 4) is 5.75 Å². The molecule has 5 nitrogen and oxygen atoms in total. The largest absolute Gasteiger partial charge is 0.496 e. The summed E-state index contributed by atoms with van der Waals surface area (Å²) in [7, 11) is 1.58. The number of rotatable bonds is 4. The number of benzene rings is 2. The lowest BCUT2D eigenvalue weighted by Crippen LogP contribution is -2.30. The Balaban J connectivity index is 1.82. The Bertz CT molecular complexity index is 818. The minimum absolute atomic E-state index is 0.245. The van der Waals surface area contributed by atoms with E-state index >= 15 is 0 Å². The standard InChI is InChI=1S/C18H15BrN2O3/c1-24-16-8-7-13(9-14(16)19)10-15-17(22)21(18(23)20-15)11-12-5-3-2-4-6-12/h2-10H,11H2,1H3,(H,20,23)/b15-10+. The molecule has 0 aliphatic carbocycles. The first kappa shape index (κ1) is 16.3. The van der Waals surface area contributed by atoms with E-state index in [1.54, 1.807) is 19.3 Å². The van der Waals surface area contributed by atoms with Crippen LogP contribution in [0.3, 0.4) is 0 Å². The fourth-order valence-electron chi connectivity index (χ4n) is 2.42. The average molecular weight is 387 g/mol. The van der Waals surface area contributed by atoms with E-state index in [1.165, 1.54) is 4.90 Å². The van der Waals surface area contributed by atoms with Gasteiger partial charge in [-0.3, -0.25) is 9.69 Å². The van der Waals surface area contributed by atoms with E-state index in [-0.39, 0.29) is 18.1 Å². The molecule has 1 saturated heterocycles. The van der Waals surface area contributed by atoms with Gasteiger partial charge < -0.3 is 10.1 Å². The second-order valence-electron chi connectivity index (χ2n) is 5.26. The third kappa shape index (κ3) is 3.33. The molecule has 0 radical (unpaired) electrons. The molecule has 1 aliphatic rings. The summed E-state index contributed by atoms with van der Waals surface area (Å²) in [6.07, 6.45) is 1.65. The van der Waals surface area contributed by atoms with Gasteiger partial charge in [-0.15, -0.1) is 0 Å². The zero-order valence-corrected chi connectivity index (χ0v) is 14.5. The molecule has 122 valence electrons. The van der Waals surface area contributed by atoms with Crippen molar-refractivity contribution in [2.75, 3.05) is 7.11 Å². The van der Waals surface area contributed by atoms with Crippen LogP contribution >= 0.6 is 15.9 Å². The fourth-order valence-corrected chi connectivity index (χ4v) is 2.98. The van der Waals surface area contributed by atoms with Crippen LogP contribution in [0.5, 0.6) is 5.75 Å². The summed E-state index contributed by atoms with van der Waals surface area (Å²) >= 11 is 3.40. The van der Waals surface area contributed by atoms with Crippen molar-refractivity contribution in [1.82, 2.24) is 10.2 Å². The molecule has 0 atom stereocenters. The van der Waals surface area contributed by atoms with Gasteiger partial charge in [-0.2, -0.15) is 0 Å². The van der Waals surface area contributed by atoms with Crippen LogP contribution in [0.1, 0.15) is 11.1 Å². The van der Waals surface area contributed by atoms with Crippen LogP contribution in [0.15, 0.2) is 58.7 Å². The van der Waals surface area contributed by atoms with Gasteiger partial charge in [-0.05, 0) is 45.3 Å². The number of imide groups is 1. The van der Waals surface area contributed by atoms with Crippen molar-refractivity contribution < 1.29 is 14.3 Å². The van der Waals surface area contributed by atoms with Crippen LogP contribution in [-0.2, 0) is 11.3 Å². The third-order valence-corrected chi connectivity index (χ3v) is 4.25. The number of halogens is 1. The fraction of sp³-hybridized carbons (Fsp3) is 0.111. The molecule has 0 unspecified atom stereocenters. The summed E-state index contributed by atoms with van der Waals surface area (Å²) in [6, 6.07) is 14.4. The van der Waals surface area contributed by atoms with Crippen molar-refractivity contribution in [3.05, 3.63) is 69.8 Å². The molecule has 0 spiro atoms. The van der Waals surface area contributed by atoms with Gasteiger partial charge in [-0.1, -0.05) is 36.4 Å². The molecule has 0 saturated carbocycles. The van der Waals surface area contributed by atoms with Crippen LogP contribution in [0.4, 0.5) is 4.79 Å². The Labute approximate surface area is 148 Å². The Morgan fingerprint density at radius 2 is 1.92 bits per heavy atom. The SMILES string of the molecule is COc1ccc(/C=C2/NC(=O)N(Cc3ccccc3)C2=O)cc1Br. The molecule has 1 N–H and O–H groups in total. The number of methoxy groups -OCH3 is 1. The first-order chi connectivity index (χ1) is 11.6. The lowest BCUT2D eigenvalue weighted by Gasteiger charge is -2.11. The maximum Gasteiger partial charge on any atom is 0.329 e. The first-order valence-corrected chi connectivity index (χ1v) is 8.10. The van der Waals surface area contributed by atoms with Gasteiger partial charge >= 0.3 is 6.03 Å². The van der Waals surface area contributed by atoms with Crippen LogP contribution in [-0.4, -0.2) is 23.9 Å². The highest BCUT2D eigenvalue weighted by Gasteiger charge is 2.33. The Morgan fingerprint density at radius 3 is 2.58 bits per heavy atom. The molecule has 2 aromatic rings. The molecule has 6 heteroatoms. The number of nitrogens with one attached hydrogen (secondary N) is 1. The molecule has 0 aromatic heterocycles. The molecule has 3 rings (SSSR count). The number of carbonyl (C=O) groups excluding carboxylic acids is 2. The number of nitrogens with zero attached hydrogens (tertiary/aromatic N) is 1. The number of amides is 3. The Hall–Kier alpha value is -2.60. The maximum atomic E-state index is 12.5. The molecular formula is C18H15BrN2O3.